The third-order valence-corrected chi connectivity index (χ3v) is 4.41. The second-order valence-corrected chi connectivity index (χ2v) is 6.15. The van der Waals surface area contributed by atoms with Gasteiger partial charge in [0.2, 0.25) is 0 Å². The van der Waals surface area contributed by atoms with Crippen molar-refractivity contribution in [1.29, 1.82) is 5.26 Å². The largest absolute Gasteiger partial charge is 0.491 e. The first-order chi connectivity index (χ1) is 10.8. The molecule has 2 aromatic rings. The van der Waals surface area contributed by atoms with E-state index in [1.165, 1.54) is 24.6 Å². The Bertz CT molecular complexity index is 661. The topological polar surface area (TPSA) is 84.0 Å². The highest BCUT2D eigenvalue weighted by Gasteiger charge is 2.26. The van der Waals surface area contributed by atoms with Crippen molar-refractivity contribution >= 4 is 11.8 Å². The summed E-state index contributed by atoms with van der Waals surface area (Å²) in [6.45, 7) is 0.205. The number of ether oxygens (including phenoxy) is 1. The van der Waals surface area contributed by atoms with Gasteiger partial charge in [-0.15, -0.1) is 10.2 Å². The molecule has 6 nitrogen and oxygen atoms in total. The highest BCUT2D eigenvalue weighted by Crippen LogP contribution is 2.37. The van der Waals surface area contributed by atoms with Crippen LogP contribution in [-0.4, -0.2) is 38.3 Å². The minimum Gasteiger partial charge on any atom is -0.491 e. The summed E-state index contributed by atoms with van der Waals surface area (Å²) in [4.78, 5) is 0. The average Bonchev–Trinajstić information content (AvgIpc) is 3.29. The van der Waals surface area contributed by atoms with Crippen molar-refractivity contribution in [2.75, 3.05) is 12.4 Å². The van der Waals surface area contributed by atoms with Crippen LogP contribution >= 0.6 is 11.8 Å². The van der Waals surface area contributed by atoms with Crippen LogP contribution in [0.3, 0.4) is 0 Å². The molecule has 7 heteroatoms. The van der Waals surface area contributed by atoms with Gasteiger partial charge in [-0.2, -0.15) is 5.26 Å². The van der Waals surface area contributed by atoms with Crippen molar-refractivity contribution in [3.63, 3.8) is 0 Å². The zero-order valence-electron chi connectivity index (χ0n) is 11.9. The van der Waals surface area contributed by atoms with E-state index in [1.807, 2.05) is 0 Å². The lowest BCUT2D eigenvalue weighted by molar-refractivity contribution is 0.126. The molecule has 1 heterocycles. The summed E-state index contributed by atoms with van der Waals surface area (Å²) in [5.41, 5.74) is 0.586. The van der Waals surface area contributed by atoms with Crippen LogP contribution in [0.1, 0.15) is 24.4 Å². The summed E-state index contributed by atoms with van der Waals surface area (Å²) in [6, 6.07) is 9.41. The summed E-state index contributed by atoms with van der Waals surface area (Å²) in [5.74, 6) is 1.14. The fraction of sp³-hybridized carbons (Fsp3) is 0.400. The van der Waals surface area contributed by atoms with Gasteiger partial charge in [-0.05, 0) is 37.1 Å². The lowest BCUT2D eigenvalue weighted by atomic mass is 10.2. The van der Waals surface area contributed by atoms with Crippen LogP contribution < -0.4 is 4.74 Å². The minimum atomic E-state index is -0.593. The van der Waals surface area contributed by atoms with Gasteiger partial charge in [-0.3, -0.25) is 0 Å². The number of nitriles is 1. The smallest absolute Gasteiger partial charge is 0.191 e. The molecule has 1 aliphatic rings. The Hall–Kier alpha value is -2.04. The number of aliphatic hydroxyl groups is 1. The summed E-state index contributed by atoms with van der Waals surface area (Å²) < 4.78 is 7.58. The van der Waals surface area contributed by atoms with Gasteiger partial charge in [-0.25, -0.2) is 0 Å². The van der Waals surface area contributed by atoms with E-state index in [2.05, 4.69) is 20.8 Å². The minimum absolute atomic E-state index is 0.205. The molecule has 1 aromatic carbocycles. The van der Waals surface area contributed by atoms with Gasteiger partial charge in [0.15, 0.2) is 5.16 Å². The molecular formula is C15H16N4O2S. The number of rotatable bonds is 7. The van der Waals surface area contributed by atoms with Gasteiger partial charge >= 0.3 is 0 Å². The number of hydrogen-bond acceptors (Lipinski definition) is 6. The molecule has 1 saturated carbocycles. The molecule has 114 valence electrons. The molecule has 1 N–H and O–H groups in total. The van der Waals surface area contributed by atoms with Crippen LogP contribution in [0, 0.1) is 11.3 Å². The Morgan fingerprint density at radius 3 is 2.86 bits per heavy atom. The molecule has 0 unspecified atom stereocenters. The Kier molecular flexibility index (Phi) is 4.61. The van der Waals surface area contributed by atoms with E-state index in [9.17, 15) is 5.11 Å². The molecule has 1 atom stereocenters. The standard InChI is InChI=1S/C15H16N4O2S/c16-7-11-1-5-14(6-2-11)21-8-13(20)9-22-15-18-17-10-19(15)12-3-4-12/h1-2,5-6,10,12-13,20H,3-4,8-9H2/t13-/m1/s1. The summed E-state index contributed by atoms with van der Waals surface area (Å²) in [6.07, 6.45) is 3.51. The third-order valence-electron chi connectivity index (χ3n) is 3.31. The van der Waals surface area contributed by atoms with E-state index in [-0.39, 0.29) is 6.61 Å². The fourth-order valence-electron chi connectivity index (χ4n) is 1.98. The molecule has 0 bridgehead atoms. The SMILES string of the molecule is N#Cc1ccc(OC[C@@H](O)CSc2nncn2C2CC2)cc1. The molecular weight excluding hydrogens is 300 g/mol. The van der Waals surface area contributed by atoms with Crippen molar-refractivity contribution < 1.29 is 9.84 Å². The maximum Gasteiger partial charge on any atom is 0.191 e. The first-order valence-electron chi connectivity index (χ1n) is 7.09. The van der Waals surface area contributed by atoms with Crippen LogP contribution in [-0.2, 0) is 0 Å². The average molecular weight is 316 g/mol. The highest BCUT2D eigenvalue weighted by atomic mass is 32.2. The third kappa shape index (κ3) is 3.78. The van der Waals surface area contributed by atoms with Crippen LogP contribution in [0.5, 0.6) is 5.75 Å². The van der Waals surface area contributed by atoms with E-state index in [1.54, 1.807) is 30.6 Å². The van der Waals surface area contributed by atoms with Crippen LogP contribution in [0.4, 0.5) is 0 Å². The highest BCUT2D eigenvalue weighted by molar-refractivity contribution is 7.99. The number of aliphatic hydroxyl groups excluding tert-OH is 1. The van der Waals surface area contributed by atoms with E-state index >= 15 is 0 Å². The maximum absolute atomic E-state index is 10.00. The van der Waals surface area contributed by atoms with Gasteiger partial charge < -0.3 is 14.4 Å². The van der Waals surface area contributed by atoms with Crippen molar-refractivity contribution in [2.24, 2.45) is 0 Å². The lowest BCUT2D eigenvalue weighted by Crippen LogP contribution is -2.20. The van der Waals surface area contributed by atoms with Crippen LogP contribution in [0.15, 0.2) is 35.7 Å². The molecule has 3 rings (SSSR count). The molecule has 1 fully saturated rings. The molecule has 0 aliphatic heterocycles. The first kappa shape index (κ1) is 14.9. The summed E-state index contributed by atoms with van der Waals surface area (Å²) in [5, 5.41) is 27.6. The number of hydrogen-bond donors (Lipinski definition) is 1. The summed E-state index contributed by atoms with van der Waals surface area (Å²) >= 11 is 1.49. The van der Waals surface area contributed by atoms with Crippen molar-refractivity contribution in [3.05, 3.63) is 36.2 Å². The van der Waals surface area contributed by atoms with Crippen molar-refractivity contribution in [2.45, 2.75) is 30.1 Å². The normalized spacial score (nSPS) is 15.3. The molecule has 1 aliphatic carbocycles. The molecule has 1 aromatic heterocycles. The van der Waals surface area contributed by atoms with Gasteiger partial charge in [-0.1, -0.05) is 11.8 Å². The molecule has 22 heavy (non-hydrogen) atoms. The Morgan fingerprint density at radius 1 is 1.41 bits per heavy atom. The van der Waals surface area contributed by atoms with Gasteiger partial charge in [0, 0.05) is 11.8 Å². The van der Waals surface area contributed by atoms with Crippen molar-refractivity contribution in [1.82, 2.24) is 14.8 Å². The van der Waals surface area contributed by atoms with Crippen LogP contribution in [0.25, 0.3) is 0 Å². The molecule has 0 saturated heterocycles. The predicted molar refractivity (Wildman–Crippen MR) is 81.7 cm³/mol. The van der Waals surface area contributed by atoms with E-state index in [0.717, 1.165) is 5.16 Å². The molecule has 0 amide bonds. The number of aromatic nitrogens is 3. The quantitative estimate of drug-likeness (QED) is 0.787. The monoisotopic (exact) mass is 316 g/mol. The predicted octanol–water partition coefficient (Wildman–Crippen LogP) is 2.02. The number of nitrogens with zero attached hydrogens (tertiary/aromatic N) is 4. The van der Waals surface area contributed by atoms with Gasteiger partial charge in [0.1, 0.15) is 18.7 Å². The summed E-state index contributed by atoms with van der Waals surface area (Å²) in [7, 11) is 0. The fourth-order valence-corrected chi connectivity index (χ4v) is 2.86. The van der Waals surface area contributed by atoms with E-state index in [4.69, 9.17) is 10.00 Å². The van der Waals surface area contributed by atoms with Gasteiger partial charge in [0.25, 0.3) is 0 Å². The maximum atomic E-state index is 10.00. The zero-order valence-corrected chi connectivity index (χ0v) is 12.7. The zero-order chi connectivity index (χ0) is 15.4. The second kappa shape index (κ2) is 6.81. The van der Waals surface area contributed by atoms with E-state index < -0.39 is 6.10 Å². The second-order valence-electron chi connectivity index (χ2n) is 5.16. The Labute approximate surface area is 132 Å². The lowest BCUT2D eigenvalue weighted by Gasteiger charge is -2.12. The van der Waals surface area contributed by atoms with Crippen molar-refractivity contribution in [3.8, 4) is 11.8 Å². The van der Waals surface area contributed by atoms with E-state index in [0.29, 0.717) is 23.1 Å². The van der Waals surface area contributed by atoms with Crippen LogP contribution in [0.2, 0.25) is 0 Å². The number of thioether (sulfide) groups is 1. The first-order valence-corrected chi connectivity index (χ1v) is 8.08. The molecule has 0 radical (unpaired) electrons. The Morgan fingerprint density at radius 2 is 2.18 bits per heavy atom. The van der Waals surface area contributed by atoms with Gasteiger partial charge in [0.05, 0.1) is 17.7 Å². The molecule has 0 spiro atoms. The number of benzene rings is 1. The Balaban J connectivity index is 1.45.